The van der Waals surface area contributed by atoms with Crippen molar-refractivity contribution in [3.8, 4) is 51.1 Å². The summed E-state index contributed by atoms with van der Waals surface area (Å²) < 4.78 is 4.68. The van der Waals surface area contributed by atoms with E-state index in [0.717, 1.165) is 77.9 Å². The summed E-state index contributed by atoms with van der Waals surface area (Å²) in [7, 11) is 0. The van der Waals surface area contributed by atoms with Crippen molar-refractivity contribution in [3.63, 3.8) is 0 Å². The highest BCUT2D eigenvalue weighted by Crippen LogP contribution is 2.42. The molecule has 0 unspecified atom stereocenters. The minimum atomic E-state index is 0.639. The van der Waals surface area contributed by atoms with E-state index in [2.05, 4.69) is 167 Å². The Morgan fingerprint density at radius 2 is 1.00 bits per heavy atom. The normalized spacial score (nSPS) is 11.4. The summed E-state index contributed by atoms with van der Waals surface area (Å²) in [5, 5.41) is 14.5. The van der Waals surface area contributed by atoms with Crippen LogP contribution in [0.2, 0.25) is 0 Å². The monoisotopic (exact) mass is 662 g/mol. The molecule has 0 N–H and O–H groups in total. The van der Waals surface area contributed by atoms with Crippen LogP contribution in [-0.4, -0.2) is 14.1 Å². The molecule has 4 heteroatoms. The fourth-order valence-corrected chi connectivity index (χ4v) is 7.76. The van der Waals surface area contributed by atoms with E-state index in [1.807, 2.05) is 30.3 Å². The Morgan fingerprint density at radius 1 is 0.404 bits per heavy atom. The maximum atomic E-state index is 9.88. The van der Waals surface area contributed by atoms with Crippen LogP contribution in [0, 0.1) is 11.3 Å². The van der Waals surface area contributed by atoms with Crippen molar-refractivity contribution in [3.05, 3.63) is 188 Å². The van der Waals surface area contributed by atoms with Gasteiger partial charge in [-0.15, -0.1) is 0 Å². The van der Waals surface area contributed by atoms with Gasteiger partial charge in [0.2, 0.25) is 0 Å². The smallest absolute Gasteiger partial charge is 0.0992 e. The van der Waals surface area contributed by atoms with Crippen LogP contribution in [-0.2, 0) is 0 Å². The minimum Gasteiger partial charge on any atom is -0.309 e. The van der Waals surface area contributed by atoms with Crippen molar-refractivity contribution in [2.45, 2.75) is 0 Å². The van der Waals surface area contributed by atoms with E-state index in [1.165, 1.54) is 10.8 Å². The molecule has 52 heavy (non-hydrogen) atoms. The van der Waals surface area contributed by atoms with Crippen molar-refractivity contribution >= 4 is 43.6 Å². The quantitative estimate of drug-likeness (QED) is 0.184. The largest absolute Gasteiger partial charge is 0.309 e. The molecule has 7 aromatic carbocycles. The first-order chi connectivity index (χ1) is 25.7. The number of fused-ring (bicyclic) bond motifs is 7. The Hall–Kier alpha value is -7.22. The van der Waals surface area contributed by atoms with Gasteiger partial charge in [0.15, 0.2) is 0 Å². The van der Waals surface area contributed by atoms with E-state index in [-0.39, 0.29) is 0 Å². The Morgan fingerprint density at radius 3 is 1.71 bits per heavy atom. The number of pyridine rings is 1. The SMILES string of the molecule is N#Cc1ccc2c3c(ccc4c5ccccc5n(-c5ccc(-c6cc(-c7ccccc7)cc(-c7ccccc7)n6)cc5)c43)n(-c3ccccc3)c2c1. The number of rotatable bonds is 5. The van der Waals surface area contributed by atoms with Crippen molar-refractivity contribution in [1.82, 2.24) is 14.1 Å². The van der Waals surface area contributed by atoms with Crippen LogP contribution in [0.4, 0.5) is 0 Å². The summed E-state index contributed by atoms with van der Waals surface area (Å²) >= 11 is 0. The van der Waals surface area contributed by atoms with Gasteiger partial charge in [-0.25, -0.2) is 4.98 Å². The lowest BCUT2D eigenvalue weighted by molar-refractivity contribution is 1.17. The van der Waals surface area contributed by atoms with Gasteiger partial charge in [0.05, 0.1) is 45.1 Å². The summed E-state index contributed by atoms with van der Waals surface area (Å²) in [4.78, 5) is 5.18. The molecular formula is C48H30N4. The highest BCUT2D eigenvalue weighted by Gasteiger charge is 2.21. The average Bonchev–Trinajstić information content (AvgIpc) is 3.74. The molecule has 3 heterocycles. The zero-order chi connectivity index (χ0) is 34.6. The number of para-hydroxylation sites is 2. The third-order valence-electron chi connectivity index (χ3n) is 10.1. The number of aromatic nitrogens is 3. The van der Waals surface area contributed by atoms with Gasteiger partial charge in [-0.05, 0) is 71.8 Å². The fourth-order valence-electron chi connectivity index (χ4n) is 7.76. The molecule has 0 aliphatic carbocycles. The van der Waals surface area contributed by atoms with Crippen molar-refractivity contribution in [1.29, 1.82) is 5.26 Å². The van der Waals surface area contributed by atoms with Gasteiger partial charge in [-0.1, -0.05) is 121 Å². The molecule has 4 nitrogen and oxygen atoms in total. The molecule has 10 aromatic rings. The zero-order valence-corrected chi connectivity index (χ0v) is 28.1. The molecule has 3 aromatic heterocycles. The lowest BCUT2D eigenvalue weighted by Crippen LogP contribution is -1.96. The molecule has 0 radical (unpaired) electrons. The first-order valence-corrected chi connectivity index (χ1v) is 17.4. The third kappa shape index (κ3) is 4.72. The van der Waals surface area contributed by atoms with Gasteiger partial charge in [0.1, 0.15) is 0 Å². The molecule has 0 spiro atoms. The van der Waals surface area contributed by atoms with Crippen molar-refractivity contribution in [2.24, 2.45) is 0 Å². The maximum Gasteiger partial charge on any atom is 0.0992 e. The highest BCUT2D eigenvalue weighted by atomic mass is 15.0. The fraction of sp³-hybridized carbons (Fsp3) is 0. The molecule has 0 aliphatic rings. The van der Waals surface area contributed by atoms with Crippen LogP contribution < -0.4 is 0 Å². The van der Waals surface area contributed by atoms with Gasteiger partial charge in [-0.3, -0.25) is 0 Å². The van der Waals surface area contributed by atoms with E-state index >= 15 is 0 Å². The molecule has 0 bridgehead atoms. The minimum absolute atomic E-state index is 0.639. The molecule has 0 aliphatic heterocycles. The number of nitriles is 1. The van der Waals surface area contributed by atoms with Gasteiger partial charge in [-0.2, -0.15) is 5.26 Å². The Labute approximate surface area is 300 Å². The lowest BCUT2D eigenvalue weighted by Gasteiger charge is -2.12. The third-order valence-corrected chi connectivity index (χ3v) is 10.1. The van der Waals surface area contributed by atoms with Crippen LogP contribution in [0.3, 0.4) is 0 Å². The maximum absolute atomic E-state index is 9.88. The zero-order valence-electron chi connectivity index (χ0n) is 28.1. The molecular weight excluding hydrogens is 633 g/mol. The van der Waals surface area contributed by atoms with Crippen molar-refractivity contribution in [2.75, 3.05) is 0 Å². The molecule has 242 valence electrons. The molecule has 0 fully saturated rings. The van der Waals surface area contributed by atoms with Crippen LogP contribution >= 0.6 is 0 Å². The van der Waals surface area contributed by atoms with E-state index < -0.39 is 0 Å². The molecule has 0 saturated carbocycles. The predicted octanol–water partition coefficient (Wildman–Crippen LogP) is 12.1. The summed E-state index contributed by atoms with van der Waals surface area (Å²) in [6.07, 6.45) is 0. The summed E-state index contributed by atoms with van der Waals surface area (Å²) in [6, 6.07) is 66.0. The Kier molecular flexibility index (Phi) is 6.84. The summed E-state index contributed by atoms with van der Waals surface area (Å²) in [5.74, 6) is 0. The molecule has 10 rings (SSSR count). The number of hydrogen-bond donors (Lipinski definition) is 0. The van der Waals surface area contributed by atoms with Crippen molar-refractivity contribution < 1.29 is 0 Å². The van der Waals surface area contributed by atoms with Gasteiger partial charge >= 0.3 is 0 Å². The van der Waals surface area contributed by atoms with Crippen LogP contribution in [0.15, 0.2) is 182 Å². The summed E-state index contributed by atoms with van der Waals surface area (Å²) in [6.45, 7) is 0. The second kappa shape index (κ2) is 12.0. The second-order valence-electron chi connectivity index (χ2n) is 13.1. The van der Waals surface area contributed by atoms with Crippen LogP contribution in [0.25, 0.3) is 88.6 Å². The number of hydrogen-bond acceptors (Lipinski definition) is 2. The van der Waals surface area contributed by atoms with Gasteiger partial charge in [0, 0.05) is 44.0 Å². The summed E-state index contributed by atoms with van der Waals surface area (Å²) in [5.41, 5.74) is 13.5. The van der Waals surface area contributed by atoms with Gasteiger partial charge < -0.3 is 9.13 Å². The number of nitrogens with zero attached hydrogens (tertiary/aromatic N) is 4. The standard InChI is InChI=1S/C48H30N4/c49-31-32-20-25-41-46(28-32)51(37-16-8-3-9-17-37)45-27-26-40-39-18-10-11-19-44(39)52(48(40)47(41)45)38-23-21-35(22-24-38)43-30-36(33-12-4-1-5-13-33)29-42(50-43)34-14-6-2-7-15-34/h1-30H. The van der Waals surface area contributed by atoms with E-state index in [4.69, 9.17) is 4.98 Å². The first-order valence-electron chi connectivity index (χ1n) is 17.4. The lowest BCUT2D eigenvalue weighted by atomic mass is 10.00. The topological polar surface area (TPSA) is 46.5 Å². The molecule has 0 amide bonds. The van der Waals surface area contributed by atoms with E-state index in [0.29, 0.717) is 5.56 Å². The van der Waals surface area contributed by atoms with Crippen LogP contribution in [0.1, 0.15) is 5.56 Å². The highest BCUT2D eigenvalue weighted by molar-refractivity contribution is 6.26. The predicted molar refractivity (Wildman–Crippen MR) is 214 cm³/mol. The second-order valence-corrected chi connectivity index (χ2v) is 13.1. The van der Waals surface area contributed by atoms with Gasteiger partial charge in [0.25, 0.3) is 0 Å². The Bertz CT molecular complexity index is 2930. The van der Waals surface area contributed by atoms with Crippen LogP contribution in [0.5, 0.6) is 0 Å². The molecule has 0 atom stereocenters. The van der Waals surface area contributed by atoms with E-state index in [1.54, 1.807) is 0 Å². The average molecular weight is 663 g/mol. The number of benzene rings is 7. The molecule has 0 saturated heterocycles. The Balaban J connectivity index is 1.21. The first kappa shape index (κ1) is 29.7. The van der Waals surface area contributed by atoms with E-state index in [9.17, 15) is 5.26 Å².